The highest BCUT2D eigenvalue weighted by Crippen LogP contribution is 2.23. The SMILES string of the molecule is CNCCC(C(=O)O)c1cc(F)ccc1F. The number of rotatable bonds is 5. The molecule has 0 fully saturated rings. The van der Waals surface area contributed by atoms with Crippen LogP contribution in [0.1, 0.15) is 17.9 Å². The van der Waals surface area contributed by atoms with Crippen LogP contribution in [0.3, 0.4) is 0 Å². The number of nitrogens with one attached hydrogen (secondary N) is 1. The van der Waals surface area contributed by atoms with Crippen LogP contribution in [0.4, 0.5) is 8.78 Å². The van der Waals surface area contributed by atoms with Crippen LogP contribution in [0.15, 0.2) is 18.2 Å². The van der Waals surface area contributed by atoms with E-state index in [0.717, 1.165) is 18.2 Å². The number of hydrogen-bond donors (Lipinski definition) is 2. The van der Waals surface area contributed by atoms with Crippen LogP contribution >= 0.6 is 0 Å². The molecule has 0 saturated heterocycles. The molecular formula is C11H13F2NO2. The molecule has 0 aliphatic rings. The van der Waals surface area contributed by atoms with Gasteiger partial charge in [-0.2, -0.15) is 0 Å². The average Bonchev–Trinajstić information content (AvgIpc) is 2.23. The summed E-state index contributed by atoms with van der Waals surface area (Å²) in [6.45, 7) is 0.424. The van der Waals surface area contributed by atoms with Gasteiger partial charge in [-0.3, -0.25) is 4.79 Å². The molecule has 5 heteroatoms. The molecule has 0 aliphatic heterocycles. The molecule has 1 atom stereocenters. The van der Waals surface area contributed by atoms with Crippen molar-refractivity contribution < 1.29 is 18.7 Å². The second-order valence-electron chi connectivity index (χ2n) is 3.45. The highest BCUT2D eigenvalue weighted by molar-refractivity contribution is 5.76. The zero-order chi connectivity index (χ0) is 12.1. The van der Waals surface area contributed by atoms with E-state index < -0.39 is 23.5 Å². The van der Waals surface area contributed by atoms with Crippen LogP contribution in [0.2, 0.25) is 0 Å². The van der Waals surface area contributed by atoms with E-state index in [9.17, 15) is 13.6 Å². The molecule has 2 N–H and O–H groups in total. The summed E-state index contributed by atoms with van der Waals surface area (Å²) in [6.07, 6.45) is 0.214. The molecule has 16 heavy (non-hydrogen) atoms. The van der Waals surface area contributed by atoms with Gasteiger partial charge in [0.25, 0.3) is 0 Å². The van der Waals surface area contributed by atoms with Crippen molar-refractivity contribution in [3.05, 3.63) is 35.4 Å². The lowest BCUT2D eigenvalue weighted by molar-refractivity contribution is -0.139. The Morgan fingerprint density at radius 3 is 2.75 bits per heavy atom. The first-order chi connectivity index (χ1) is 7.56. The number of benzene rings is 1. The first kappa shape index (κ1) is 12.6. The number of carbonyl (C=O) groups is 1. The van der Waals surface area contributed by atoms with Crippen molar-refractivity contribution in [2.75, 3.05) is 13.6 Å². The standard InChI is InChI=1S/C11H13F2NO2/c1-14-5-4-8(11(15)16)9-6-7(12)2-3-10(9)13/h2-3,6,8,14H,4-5H2,1H3,(H,15,16). The molecule has 0 amide bonds. The van der Waals surface area contributed by atoms with Crippen LogP contribution in [0, 0.1) is 11.6 Å². The van der Waals surface area contributed by atoms with E-state index in [-0.39, 0.29) is 12.0 Å². The zero-order valence-electron chi connectivity index (χ0n) is 8.84. The number of carboxylic acid groups (broad SMARTS) is 1. The molecule has 1 unspecified atom stereocenters. The Morgan fingerprint density at radius 1 is 1.50 bits per heavy atom. The van der Waals surface area contributed by atoms with E-state index in [1.807, 2.05) is 0 Å². The van der Waals surface area contributed by atoms with Crippen LogP contribution in [-0.2, 0) is 4.79 Å². The Balaban J connectivity index is 3.00. The fourth-order valence-electron chi connectivity index (χ4n) is 1.48. The maximum atomic E-state index is 13.4. The van der Waals surface area contributed by atoms with Crippen molar-refractivity contribution in [2.24, 2.45) is 0 Å². The van der Waals surface area contributed by atoms with Gasteiger partial charge in [-0.1, -0.05) is 0 Å². The molecule has 0 saturated carbocycles. The smallest absolute Gasteiger partial charge is 0.311 e. The average molecular weight is 229 g/mol. The van der Waals surface area contributed by atoms with Crippen molar-refractivity contribution in [1.82, 2.24) is 5.32 Å². The van der Waals surface area contributed by atoms with Gasteiger partial charge in [0, 0.05) is 5.56 Å². The molecule has 88 valence electrons. The molecule has 0 bridgehead atoms. The van der Waals surface area contributed by atoms with Crippen molar-refractivity contribution in [2.45, 2.75) is 12.3 Å². The van der Waals surface area contributed by atoms with Gasteiger partial charge >= 0.3 is 5.97 Å². The summed E-state index contributed by atoms with van der Waals surface area (Å²) in [4.78, 5) is 11.0. The molecule has 3 nitrogen and oxygen atoms in total. The maximum absolute atomic E-state index is 13.4. The first-order valence-corrected chi connectivity index (χ1v) is 4.88. The van der Waals surface area contributed by atoms with E-state index in [1.54, 1.807) is 7.05 Å². The Hall–Kier alpha value is -1.49. The van der Waals surface area contributed by atoms with E-state index in [2.05, 4.69) is 5.32 Å². The van der Waals surface area contributed by atoms with Crippen LogP contribution < -0.4 is 5.32 Å². The van der Waals surface area contributed by atoms with Crippen LogP contribution in [0.25, 0.3) is 0 Å². The summed E-state index contributed by atoms with van der Waals surface area (Å²) in [5.74, 6) is -3.50. The lowest BCUT2D eigenvalue weighted by Crippen LogP contribution is -2.19. The highest BCUT2D eigenvalue weighted by atomic mass is 19.1. The minimum Gasteiger partial charge on any atom is -0.481 e. The normalized spacial score (nSPS) is 12.4. The first-order valence-electron chi connectivity index (χ1n) is 4.88. The predicted octanol–water partition coefficient (Wildman–Crippen LogP) is 1.74. The van der Waals surface area contributed by atoms with Gasteiger partial charge in [-0.15, -0.1) is 0 Å². The summed E-state index contributed by atoms with van der Waals surface area (Å²) in [7, 11) is 1.67. The predicted molar refractivity (Wildman–Crippen MR) is 55.3 cm³/mol. The summed E-state index contributed by atoms with van der Waals surface area (Å²) >= 11 is 0. The molecule has 1 aromatic rings. The molecule has 0 spiro atoms. The van der Waals surface area contributed by atoms with Gasteiger partial charge in [0.05, 0.1) is 5.92 Å². The van der Waals surface area contributed by atoms with E-state index >= 15 is 0 Å². The van der Waals surface area contributed by atoms with Gasteiger partial charge in [-0.25, -0.2) is 8.78 Å². The van der Waals surface area contributed by atoms with Gasteiger partial charge < -0.3 is 10.4 Å². The van der Waals surface area contributed by atoms with Gasteiger partial charge in [-0.05, 0) is 38.2 Å². The third-order valence-electron chi connectivity index (χ3n) is 2.31. The van der Waals surface area contributed by atoms with Crippen molar-refractivity contribution in [1.29, 1.82) is 0 Å². The third-order valence-corrected chi connectivity index (χ3v) is 2.31. The van der Waals surface area contributed by atoms with Gasteiger partial charge in [0.15, 0.2) is 0 Å². The number of aliphatic carboxylic acids is 1. The van der Waals surface area contributed by atoms with Crippen molar-refractivity contribution in [3.63, 3.8) is 0 Å². The zero-order valence-corrected chi connectivity index (χ0v) is 8.84. The Kier molecular flexibility index (Phi) is 4.37. The van der Waals surface area contributed by atoms with Gasteiger partial charge in [0.1, 0.15) is 11.6 Å². The van der Waals surface area contributed by atoms with Crippen LogP contribution in [0.5, 0.6) is 0 Å². The third kappa shape index (κ3) is 3.00. The molecular weight excluding hydrogens is 216 g/mol. The molecule has 0 heterocycles. The van der Waals surface area contributed by atoms with Crippen molar-refractivity contribution >= 4 is 5.97 Å². The second kappa shape index (κ2) is 5.55. The van der Waals surface area contributed by atoms with E-state index in [4.69, 9.17) is 5.11 Å². The Bertz CT molecular complexity index is 382. The number of hydrogen-bond acceptors (Lipinski definition) is 2. The fraction of sp³-hybridized carbons (Fsp3) is 0.364. The summed E-state index contributed by atoms with van der Waals surface area (Å²) in [5, 5.41) is 11.7. The summed E-state index contributed by atoms with van der Waals surface area (Å²) < 4.78 is 26.3. The topological polar surface area (TPSA) is 49.3 Å². The molecule has 0 radical (unpaired) electrons. The maximum Gasteiger partial charge on any atom is 0.311 e. The minimum atomic E-state index is -1.15. The number of halogens is 2. The Labute approximate surface area is 92.1 Å². The number of carboxylic acids is 1. The van der Waals surface area contributed by atoms with Crippen molar-refractivity contribution in [3.8, 4) is 0 Å². The molecule has 0 aromatic heterocycles. The van der Waals surface area contributed by atoms with E-state index in [0.29, 0.717) is 6.54 Å². The fourth-order valence-corrected chi connectivity index (χ4v) is 1.48. The van der Waals surface area contributed by atoms with Crippen LogP contribution in [-0.4, -0.2) is 24.7 Å². The highest BCUT2D eigenvalue weighted by Gasteiger charge is 2.23. The minimum absolute atomic E-state index is 0.109. The lowest BCUT2D eigenvalue weighted by Gasteiger charge is -2.13. The summed E-state index contributed by atoms with van der Waals surface area (Å²) in [5.41, 5.74) is -0.109. The van der Waals surface area contributed by atoms with Gasteiger partial charge in [0.2, 0.25) is 0 Å². The molecule has 0 aliphatic carbocycles. The largest absolute Gasteiger partial charge is 0.481 e. The quantitative estimate of drug-likeness (QED) is 0.808. The summed E-state index contributed by atoms with van der Waals surface area (Å²) in [6, 6.07) is 2.85. The molecule has 1 rings (SSSR count). The lowest BCUT2D eigenvalue weighted by atomic mass is 9.95. The Morgan fingerprint density at radius 2 is 2.19 bits per heavy atom. The second-order valence-corrected chi connectivity index (χ2v) is 3.45. The van der Waals surface area contributed by atoms with E-state index in [1.165, 1.54) is 0 Å². The monoisotopic (exact) mass is 229 g/mol. The molecule has 1 aromatic carbocycles.